The summed E-state index contributed by atoms with van der Waals surface area (Å²) >= 11 is 0. The van der Waals surface area contributed by atoms with Crippen LogP contribution in [-0.2, 0) is 16.0 Å². The van der Waals surface area contributed by atoms with Gasteiger partial charge in [0.2, 0.25) is 0 Å². The number of carbonyl (C=O) groups is 1. The summed E-state index contributed by atoms with van der Waals surface area (Å²) in [7, 11) is 4.66. The van der Waals surface area contributed by atoms with Crippen molar-refractivity contribution < 1.29 is 19.0 Å². The van der Waals surface area contributed by atoms with Crippen LogP contribution in [-0.4, -0.2) is 38.7 Å². The predicted molar refractivity (Wildman–Crippen MR) is 87.2 cm³/mol. The van der Waals surface area contributed by atoms with Crippen LogP contribution in [0.25, 0.3) is 5.70 Å². The number of methoxy groups -OCH3 is 3. The second-order valence-corrected chi connectivity index (χ2v) is 5.69. The van der Waals surface area contributed by atoms with Gasteiger partial charge >= 0.3 is 5.97 Å². The van der Waals surface area contributed by atoms with Crippen molar-refractivity contribution in [2.45, 2.75) is 13.3 Å². The van der Waals surface area contributed by atoms with Gasteiger partial charge < -0.3 is 19.1 Å². The van der Waals surface area contributed by atoms with E-state index in [4.69, 9.17) is 14.2 Å². The fourth-order valence-electron chi connectivity index (χ4n) is 3.24. The van der Waals surface area contributed by atoms with Crippen LogP contribution >= 0.6 is 0 Å². The van der Waals surface area contributed by atoms with E-state index in [-0.39, 0.29) is 11.9 Å². The number of hydrogen-bond acceptors (Lipinski definition) is 5. The molecule has 0 fully saturated rings. The van der Waals surface area contributed by atoms with E-state index in [2.05, 4.69) is 4.90 Å². The van der Waals surface area contributed by atoms with Gasteiger partial charge in [0.15, 0.2) is 11.5 Å². The van der Waals surface area contributed by atoms with Gasteiger partial charge in [0.05, 0.1) is 32.6 Å². The van der Waals surface area contributed by atoms with Crippen LogP contribution in [0.3, 0.4) is 0 Å². The first-order valence-electron chi connectivity index (χ1n) is 7.63. The fourth-order valence-corrected chi connectivity index (χ4v) is 3.24. The first-order chi connectivity index (χ1) is 11.1. The molecule has 0 amide bonds. The Bertz CT molecular complexity index is 705. The molecule has 2 heterocycles. The molecular weight excluding hydrogens is 294 g/mol. The van der Waals surface area contributed by atoms with Gasteiger partial charge in [0.25, 0.3) is 0 Å². The highest BCUT2D eigenvalue weighted by Gasteiger charge is 2.32. The second kappa shape index (κ2) is 5.99. The predicted octanol–water partition coefficient (Wildman–Crippen LogP) is 2.61. The Labute approximate surface area is 136 Å². The summed E-state index contributed by atoms with van der Waals surface area (Å²) in [5.74, 6) is 1.09. The van der Waals surface area contributed by atoms with Crippen molar-refractivity contribution in [2.24, 2.45) is 5.92 Å². The summed E-state index contributed by atoms with van der Waals surface area (Å²) in [6, 6.07) is 3.95. The molecule has 0 saturated carbocycles. The molecule has 1 atom stereocenters. The lowest BCUT2D eigenvalue weighted by Gasteiger charge is -2.36. The van der Waals surface area contributed by atoms with E-state index in [9.17, 15) is 4.79 Å². The maximum Gasteiger partial charge on any atom is 0.336 e. The van der Waals surface area contributed by atoms with E-state index in [1.165, 1.54) is 7.11 Å². The van der Waals surface area contributed by atoms with E-state index in [1.54, 1.807) is 14.2 Å². The molecule has 0 radical (unpaired) electrons. The van der Waals surface area contributed by atoms with E-state index in [1.807, 2.05) is 31.3 Å². The van der Waals surface area contributed by atoms with Gasteiger partial charge in [0.1, 0.15) is 0 Å². The Morgan fingerprint density at radius 3 is 2.52 bits per heavy atom. The molecule has 23 heavy (non-hydrogen) atoms. The highest BCUT2D eigenvalue weighted by atomic mass is 16.5. The topological polar surface area (TPSA) is 48.0 Å². The van der Waals surface area contributed by atoms with Gasteiger partial charge in [-0.3, -0.25) is 0 Å². The maximum absolute atomic E-state index is 12.3. The number of fused-ring (bicyclic) bond motifs is 3. The quantitative estimate of drug-likeness (QED) is 0.803. The Morgan fingerprint density at radius 1 is 1.17 bits per heavy atom. The van der Waals surface area contributed by atoms with Crippen molar-refractivity contribution in [3.63, 3.8) is 0 Å². The molecule has 3 rings (SSSR count). The zero-order valence-electron chi connectivity index (χ0n) is 13.9. The first kappa shape index (κ1) is 15.5. The van der Waals surface area contributed by atoms with Crippen molar-refractivity contribution in [1.29, 1.82) is 0 Å². The van der Waals surface area contributed by atoms with Gasteiger partial charge in [-0.15, -0.1) is 0 Å². The maximum atomic E-state index is 12.3. The molecule has 0 bridgehead atoms. The second-order valence-electron chi connectivity index (χ2n) is 5.69. The summed E-state index contributed by atoms with van der Waals surface area (Å²) in [4.78, 5) is 14.4. The number of ether oxygens (including phenoxy) is 3. The van der Waals surface area contributed by atoms with E-state index in [0.717, 1.165) is 29.8 Å². The van der Waals surface area contributed by atoms with E-state index >= 15 is 0 Å². The first-order valence-corrected chi connectivity index (χ1v) is 7.63. The van der Waals surface area contributed by atoms with Crippen molar-refractivity contribution in [3.8, 4) is 11.5 Å². The molecule has 0 aromatic heterocycles. The summed E-state index contributed by atoms with van der Waals surface area (Å²) in [5, 5.41) is 0. The Morgan fingerprint density at radius 2 is 1.87 bits per heavy atom. The molecular formula is C18H21NO4. The Kier molecular flexibility index (Phi) is 4.03. The van der Waals surface area contributed by atoms with Crippen LogP contribution < -0.4 is 9.47 Å². The standard InChI is InChI=1S/C18H21NO4/c1-11-5-7-19-8-6-12-9-14(21-2)15(22-3)10-13(12)17(19)16(11)18(20)23-4/h5,7,9-11H,6,8H2,1-4H3/t11-/m1/s1. The number of rotatable bonds is 3. The van der Waals surface area contributed by atoms with Gasteiger partial charge in [-0.25, -0.2) is 4.79 Å². The SMILES string of the molecule is COC(=O)C1=C2c3cc(OC)c(OC)cc3CCN2C=C[C@H]1C. The summed E-state index contributed by atoms with van der Waals surface area (Å²) in [5.41, 5.74) is 3.75. The van der Waals surface area contributed by atoms with Crippen LogP contribution in [0.2, 0.25) is 0 Å². The molecule has 0 saturated heterocycles. The van der Waals surface area contributed by atoms with Crippen molar-refractivity contribution >= 4 is 11.7 Å². The Hall–Kier alpha value is -2.43. The molecule has 5 nitrogen and oxygen atoms in total. The molecule has 0 aliphatic carbocycles. The van der Waals surface area contributed by atoms with Crippen LogP contribution in [0, 0.1) is 5.92 Å². The average Bonchev–Trinajstić information content (AvgIpc) is 2.59. The van der Waals surface area contributed by atoms with Crippen molar-refractivity contribution in [3.05, 3.63) is 41.1 Å². The molecule has 122 valence electrons. The fraction of sp³-hybridized carbons (Fsp3) is 0.389. The van der Waals surface area contributed by atoms with Gasteiger partial charge in [-0.1, -0.05) is 13.0 Å². The minimum absolute atomic E-state index is 0.00717. The third-order valence-electron chi connectivity index (χ3n) is 4.44. The number of hydrogen-bond donors (Lipinski definition) is 0. The smallest absolute Gasteiger partial charge is 0.336 e. The lowest BCUT2D eigenvalue weighted by molar-refractivity contribution is -0.136. The average molecular weight is 315 g/mol. The molecule has 1 aromatic rings. The molecule has 5 heteroatoms. The van der Waals surface area contributed by atoms with Gasteiger partial charge in [-0.05, 0) is 24.1 Å². The lowest BCUT2D eigenvalue weighted by atomic mass is 9.86. The minimum atomic E-state index is -0.288. The zero-order chi connectivity index (χ0) is 16.6. The molecule has 2 aliphatic rings. The number of allylic oxidation sites excluding steroid dienone is 1. The molecule has 0 unspecified atom stereocenters. The van der Waals surface area contributed by atoms with Crippen molar-refractivity contribution in [1.82, 2.24) is 4.90 Å². The molecule has 1 aromatic carbocycles. The Balaban J connectivity index is 2.24. The summed E-state index contributed by atoms with van der Waals surface area (Å²) in [6.07, 6.45) is 4.96. The van der Waals surface area contributed by atoms with E-state index in [0.29, 0.717) is 17.1 Å². The molecule has 2 aliphatic heterocycles. The number of esters is 1. The lowest BCUT2D eigenvalue weighted by Crippen LogP contribution is -2.31. The number of benzene rings is 1. The minimum Gasteiger partial charge on any atom is -0.493 e. The number of nitrogens with zero attached hydrogens (tertiary/aromatic N) is 1. The summed E-state index contributed by atoms with van der Waals surface area (Å²) < 4.78 is 15.8. The highest BCUT2D eigenvalue weighted by molar-refractivity contribution is 5.99. The van der Waals surface area contributed by atoms with Gasteiger partial charge in [0, 0.05) is 24.2 Å². The normalized spacial score (nSPS) is 19.1. The largest absolute Gasteiger partial charge is 0.493 e. The van der Waals surface area contributed by atoms with Crippen molar-refractivity contribution in [2.75, 3.05) is 27.9 Å². The third kappa shape index (κ3) is 2.46. The zero-order valence-corrected chi connectivity index (χ0v) is 13.9. The van der Waals surface area contributed by atoms with Crippen LogP contribution in [0.5, 0.6) is 11.5 Å². The van der Waals surface area contributed by atoms with Crippen LogP contribution in [0.15, 0.2) is 30.0 Å². The molecule has 0 N–H and O–H groups in total. The third-order valence-corrected chi connectivity index (χ3v) is 4.44. The van der Waals surface area contributed by atoms with E-state index < -0.39 is 0 Å². The van der Waals surface area contributed by atoms with Crippen LogP contribution in [0.4, 0.5) is 0 Å². The monoisotopic (exact) mass is 315 g/mol. The molecule has 0 spiro atoms. The van der Waals surface area contributed by atoms with Crippen LogP contribution in [0.1, 0.15) is 18.1 Å². The summed E-state index contributed by atoms with van der Waals surface area (Å²) in [6.45, 7) is 2.82. The highest BCUT2D eigenvalue weighted by Crippen LogP contribution is 2.42. The number of carbonyl (C=O) groups excluding carboxylic acids is 1. The van der Waals surface area contributed by atoms with Gasteiger partial charge in [-0.2, -0.15) is 0 Å².